The van der Waals surface area contributed by atoms with Crippen LogP contribution in [0.3, 0.4) is 0 Å². The van der Waals surface area contributed by atoms with Crippen LogP contribution < -0.4 is 20.7 Å². The summed E-state index contributed by atoms with van der Waals surface area (Å²) in [7, 11) is 1.59. The van der Waals surface area contributed by atoms with Gasteiger partial charge >= 0.3 is 0 Å². The van der Waals surface area contributed by atoms with Gasteiger partial charge in [0.2, 0.25) is 11.8 Å². The van der Waals surface area contributed by atoms with Crippen LogP contribution in [-0.4, -0.2) is 52.3 Å². The molecule has 1 aliphatic carbocycles. The molecule has 1 saturated carbocycles. The van der Waals surface area contributed by atoms with E-state index in [0.717, 1.165) is 51.6 Å². The first-order valence-electron chi connectivity index (χ1n) is 10.6. The van der Waals surface area contributed by atoms with Crippen molar-refractivity contribution in [3.05, 3.63) is 47.6 Å². The van der Waals surface area contributed by atoms with Crippen LogP contribution in [0.2, 0.25) is 0 Å². The molecule has 4 heterocycles. The number of aliphatic hydroxyl groups is 1. The van der Waals surface area contributed by atoms with E-state index in [0.29, 0.717) is 30.3 Å². The van der Waals surface area contributed by atoms with Gasteiger partial charge in [0.15, 0.2) is 0 Å². The first-order chi connectivity index (χ1) is 15.7. The SMILES string of the molecule is COc1cc(NC2=NCC(c3nc4ccncc4s3)=C(NC3CCC(CO)C3)N2)ccn1. The minimum Gasteiger partial charge on any atom is -0.481 e. The molecular weight excluding hydrogens is 426 g/mol. The molecule has 32 heavy (non-hydrogen) atoms. The van der Waals surface area contributed by atoms with Crippen molar-refractivity contribution in [1.82, 2.24) is 25.6 Å². The van der Waals surface area contributed by atoms with Gasteiger partial charge in [-0.1, -0.05) is 0 Å². The Labute approximate surface area is 189 Å². The Hall–Kier alpha value is -3.24. The Bertz CT molecular complexity index is 1140. The first-order valence-corrected chi connectivity index (χ1v) is 11.4. The number of hydrogen-bond donors (Lipinski definition) is 4. The number of nitrogens with one attached hydrogen (secondary N) is 3. The number of thiazole rings is 1. The predicted octanol–water partition coefficient (Wildman–Crippen LogP) is 2.59. The standard InChI is InChI=1S/C22H25N7O2S/c1-31-19-9-15(4-7-24-19)27-22-25-10-16(21-28-17-5-6-23-11-18(17)32-21)20(29-22)26-14-3-2-13(8-14)12-30/h4-7,9,11,13-14,26,30H,2-3,8,10,12H2,1H3,(H2,24,25,27,29). The maximum Gasteiger partial charge on any atom is 0.214 e. The summed E-state index contributed by atoms with van der Waals surface area (Å²) in [4.78, 5) is 17.9. The maximum atomic E-state index is 9.54. The van der Waals surface area contributed by atoms with Crippen LogP contribution in [0.4, 0.5) is 5.69 Å². The molecule has 4 N–H and O–H groups in total. The third-order valence-corrected chi connectivity index (χ3v) is 6.81. The third kappa shape index (κ3) is 4.37. The van der Waals surface area contributed by atoms with E-state index < -0.39 is 0 Å². The highest BCUT2D eigenvalue weighted by molar-refractivity contribution is 7.19. The van der Waals surface area contributed by atoms with Crippen molar-refractivity contribution in [2.75, 3.05) is 25.6 Å². The van der Waals surface area contributed by atoms with E-state index in [1.165, 1.54) is 0 Å². The summed E-state index contributed by atoms with van der Waals surface area (Å²) in [5, 5.41) is 20.9. The first kappa shape index (κ1) is 20.7. The van der Waals surface area contributed by atoms with Gasteiger partial charge in [-0.05, 0) is 37.3 Å². The van der Waals surface area contributed by atoms with Crippen molar-refractivity contribution in [3.8, 4) is 5.88 Å². The van der Waals surface area contributed by atoms with E-state index in [2.05, 4.69) is 25.9 Å². The molecule has 1 fully saturated rings. The molecule has 9 nitrogen and oxygen atoms in total. The summed E-state index contributed by atoms with van der Waals surface area (Å²) in [6.45, 7) is 0.726. The van der Waals surface area contributed by atoms with Crippen molar-refractivity contribution in [2.45, 2.75) is 25.3 Å². The summed E-state index contributed by atoms with van der Waals surface area (Å²) in [5.74, 6) is 2.43. The lowest BCUT2D eigenvalue weighted by Gasteiger charge is -2.26. The number of methoxy groups -OCH3 is 1. The van der Waals surface area contributed by atoms with E-state index >= 15 is 0 Å². The molecule has 0 amide bonds. The van der Waals surface area contributed by atoms with E-state index in [9.17, 15) is 5.11 Å². The maximum absolute atomic E-state index is 9.54. The second-order valence-electron chi connectivity index (χ2n) is 7.92. The minimum atomic E-state index is 0.237. The molecule has 0 saturated heterocycles. The van der Waals surface area contributed by atoms with Gasteiger partial charge in [0, 0.05) is 48.6 Å². The fourth-order valence-electron chi connectivity index (χ4n) is 4.06. The van der Waals surface area contributed by atoms with Crippen molar-refractivity contribution >= 4 is 38.8 Å². The van der Waals surface area contributed by atoms with Crippen LogP contribution in [0, 0.1) is 5.92 Å². The van der Waals surface area contributed by atoms with Crippen molar-refractivity contribution in [3.63, 3.8) is 0 Å². The Balaban J connectivity index is 1.41. The lowest BCUT2D eigenvalue weighted by Crippen LogP contribution is -2.42. The average molecular weight is 452 g/mol. The number of hydrogen-bond acceptors (Lipinski definition) is 10. The number of aromatic nitrogens is 3. The summed E-state index contributed by atoms with van der Waals surface area (Å²) in [6.07, 6.45) is 8.29. The number of guanidine groups is 1. The quantitative estimate of drug-likeness (QED) is 0.452. The predicted molar refractivity (Wildman–Crippen MR) is 126 cm³/mol. The van der Waals surface area contributed by atoms with Gasteiger partial charge in [0.25, 0.3) is 0 Å². The Morgan fingerprint density at radius 2 is 2.22 bits per heavy atom. The van der Waals surface area contributed by atoms with Crippen molar-refractivity contribution < 1.29 is 9.84 Å². The molecule has 2 aliphatic rings. The van der Waals surface area contributed by atoms with Gasteiger partial charge in [-0.15, -0.1) is 11.3 Å². The molecule has 0 bridgehead atoms. The van der Waals surface area contributed by atoms with Crippen molar-refractivity contribution in [2.24, 2.45) is 10.9 Å². The summed E-state index contributed by atoms with van der Waals surface area (Å²) in [5.41, 5.74) is 2.79. The number of pyridine rings is 2. The fourth-order valence-corrected chi connectivity index (χ4v) is 5.03. The number of aliphatic hydroxyl groups excluding tert-OH is 1. The van der Waals surface area contributed by atoms with Crippen molar-refractivity contribution in [1.29, 1.82) is 0 Å². The highest BCUT2D eigenvalue weighted by Crippen LogP contribution is 2.31. The molecule has 1 aliphatic heterocycles. The lowest BCUT2D eigenvalue weighted by molar-refractivity contribution is 0.228. The number of ether oxygens (including phenoxy) is 1. The second-order valence-corrected chi connectivity index (χ2v) is 8.95. The van der Waals surface area contributed by atoms with Crippen LogP contribution in [0.15, 0.2) is 47.6 Å². The molecular formula is C22H25N7O2S. The summed E-state index contributed by atoms with van der Waals surface area (Å²) < 4.78 is 6.26. The van der Waals surface area contributed by atoms with Gasteiger partial charge in [-0.3, -0.25) is 4.98 Å². The zero-order valence-corrected chi connectivity index (χ0v) is 18.5. The molecule has 166 valence electrons. The van der Waals surface area contributed by atoms with Crippen LogP contribution in [0.5, 0.6) is 5.88 Å². The average Bonchev–Trinajstić information content (AvgIpc) is 3.46. The smallest absolute Gasteiger partial charge is 0.214 e. The largest absolute Gasteiger partial charge is 0.481 e. The fraction of sp³-hybridized carbons (Fsp3) is 0.364. The lowest BCUT2D eigenvalue weighted by atomic mass is 10.1. The molecule has 0 spiro atoms. The number of rotatable bonds is 6. The van der Waals surface area contributed by atoms with E-state index in [4.69, 9.17) is 14.7 Å². The molecule has 3 aromatic heterocycles. The summed E-state index contributed by atoms with van der Waals surface area (Å²) >= 11 is 1.61. The van der Waals surface area contributed by atoms with Gasteiger partial charge in [-0.25, -0.2) is 15.0 Å². The van der Waals surface area contributed by atoms with Gasteiger partial charge in [0.1, 0.15) is 10.8 Å². The van der Waals surface area contributed by atoms with Crippen LogP contribution in [0.1, 0.15) is 24.3 Å². The minimum absolute atomic E-state index is 0.237. The summed E-state index contributed by atoms with van der Waals surface area (Å²) in [6, 6.07) is 5.90. The highest BCUT2D eigenvalue weighted by Gasteiger charge is 2.27. The van der Waals surface area contributed by atoms with E-state index in [1.54, 1.807) is 30.8 Å². The molecule has 10 heteroatoms. The topological polar surface area (TPSA) is 117 Å². The molecule has 0 aromatic carbocycles. The van der Waals surface area contributed by atoms with E-state index in [-0.39, 0.29) is 6.61 Å². The highest BCUT2D eigenvalue weighted by atomic mass is 32.1. The number of aliphatic imine (C=N–C) groups is 1. The van der Waals surface area contributed by atoms with Crippen LogP contribution in [0.25, 0.3) is 15.8 Å². The molecule has 3 aromatic rings. The normalized spacial score (nSPS) is 20.8. The molecule has 2 unspecified atom stereocenters. The third-order valence-electron chi connectivity index (χ3n) is 5.74. The van der Waals surface area contributed by atoms with E-state index in [1.807, 2.05) is 24.4 Å². The zero-order valence-electron chi connectivity index (χ0n) is 17.7. The number of fused-ring (bicyclic) bond motifs is 1. The Morgan fingerprint density at radius 3 is 3.03 bits per heavy atom. The number of anilines is 1. The Morgan fingerprint density at radius 1 is 1.28 bits per heavy atom. The second kappa shape index (κ2) is 9.09. The molecule has 0 radical (unpaired) electrons. The van der Waals surface area contributed by atoms with Gasteiger partial charge < -0.3 is 25.8 Å². The monoisotopic (exact) mass is 451 g/mol. The van der Waals surface area contributed by atoms with Gasteiger partial charge in [-0.2, -0.15) is 0 Å². The van der Waals surface area contributed by atoms with Crippen LogP contribution in [-0.2, 0) is 0 Å². The number of nitrogens with zero attached hydrogens (tertiary/aromatic N) is 4. The molecule has 2 atom stereocenters. The molecule has 5 rings (SSSR count). The Kier molecular flexibility index (Phi) is 5.87. The van der Waals surface area contributed by atoms with Gasteiger partial charge in [0.05, 0.1) is 23.9 Å². The van der Waals surface area contributed by atoms with Crippen LogP contribution >= 0.6 is 11.3 Å². The zero-order chi connectivity index (χ0) is 21.9.